The van der Waals surface area contributed by atoms with Gasteiger partial charge in [-0.05, 0) is 0 Å². The molecule has 0 aliphatic rings. The lowest BCUT2D eigenvalue weighted by Gasteiger charge is -2.09. The van der Waals surface area contributed by atoms with Crippen LogP contribution in [0.2, 0.25) is 0 Å². The summed E-state index contributed by atoms with van der Waals surface area (Å²) in [6.07, 6.45) is -5.06. The van der Waals surface area contributed by atoms with Gasteiger partial charge in [0.2, 0.25) is 5.88 Å². The number of hydrogen-bond acceptors (Lipinski definition) is 4. The van der Waals surface area contributed by atoms with E-state index in [4.69, 9.17) is 11.0 Å². The first-order valence-electron chi connectivity index (χ1n) is 3.45. The molecule has 0 radical (unpaired) electrons. The summed E-state index contributed by atoms with van der Waals surface area (Å²) in [5.41, 5.74) is 4.05. The molecule has 1 rings (SSSR count). The number of nitrogen functional groups attached to an aromatic ring is 1. The highest BCUT2D eigenvalue weighted by molar-refractivity contribution is 5.45. The normalized spacial score (nSPS) is 10.9. The SMILES string of the molecule is N#Cc1c(F)cc(N)nc1OC(F)(F)F. The topological polar surface area (TPSA) is 71.9 Å². The molecule has 0 spiro atoms. The molecule has 15 heavy (non-hydrogen) atoms. The quantitative estimate of drug-likeness (QED) is 0.730. The molecule has 1 aromatic rings. The molecule has 0 aliphatic carbocycles. The number of alkyl halides is 3. The van der Waals surface area contributed by atoms with Crippen molar-refractivity contribution in [1.82, 2.24) is 4.98 Å². The second-order valence-electron chi connectivity index (χ2n) is 2.37. The first kappa shape index (κ1) is 11.0. The molecule has 0 aliphatic heterocycles. The number of pyridine rings is 1. The Balaban J connectivity index is 3.23. The predicted molar refractivity (Wildman–Crippen MR) is 40.0 cm³/mol. The van der Waals surface area contributed by atoms with Crippen molar-refractivity contribution >= 4 is 5.82 Å². The van der Waals surface area contributed by atoms with Crippen molar-refractivity contribution in [3.05, 3.63) is 17.4 Å². The summed E-state index contributed by atoms with van der Waals surface area (Å²) < 4.78 is 51.6. The number of rotatable bonds is 1. The molecule has 1 aromatic heterocycles. The Morgan fingerprint density at radius 2 is 2.07 bits per heavy atom. The summed E-state index contributed by atoms with van der Waals surface area (Å²) in [6, 6.07) is 1.82. The molecule has 0 saturated heterocycles. The number of hydrogen-bond donors (Lipinski definition) is 1. The first-order chi connectivity index (χ1) is 6.83. The molecular formula is C7H3F4N3O. The average molecular weight is 221 g/mol. The maximum atomic E-state index is 12.9. The third-order valence-electron chi connectivity index (χ3n) is 1.28. The van der Waals surface area contributed by atoms with Gasteiger partial charge in [-0.1, -0.05) is 0 Å². The third kappa shape index (κ3) is 2.70. The van der Waals surface area contributed by atoms with Gasteiger partial charge in [-0.2, -0.15) is 10.2 Å². The van der Waals surface area contributed by atoms with Crippen LogP contribution in [-0.2, 0) is 0 Å². The van der Waals surface area contributed by atoms with E-state index in [1.165, 1.54) is 6.07 Å². The Morgan fingerprint density at radius 3 is 2.53 bits per heavy atom. The van der Waals surface area contributed by atoms with E-state index in [2.05, 4.69) is 9.72 Å². The van der Waals surface area contributed by atoms with Crippen molar-refractivity contribution in [1.29, 1.82) is 5.26 Å². The van der Waals surface area contributed by atoms with Crippen molar-refractivity contribution in [3.63, 3.8) is 0 Å². The zero-order chi connectivity index (χ0) is 11.6. The summed E-state index contributed by atoms with van der Waals surface area (Å²) in [5, 5.41) is 8.37. The van der Waals surface area contributed by atoms with Crippen LogP contribution in [0.25, 0.3) is 0 Å². The minimum atomic E-state index is -5.06. The summed E-state index contributed by atoms with van der Waals surface area (Å²) in [5.74, 6) is -2.92. The van der Waals surface area contributed by atoms with Gasteiger partial charge >= 0.3 is 6.36 Å². The number of halogens is 4. The van der Waals surface area contributed by atoms with Crippen LogP contribution in [0.4, 0.5) is 23.4 Å². The van der Waals surface area contributed by atoms with Crippen molar-refractivity contribution in [2.24, 2.45) is 0 Å². The smallest absolute Gasteiger partial charge is 0.386 e. The van der Waals surface area contributed by atoms with Gasteiger partial charge in [0.05, 0.1) is 0 Å². The van der Waals surface area contributed by atoms with Crippen molar-refractivity contribution in [2.75, 3.05) is 5.73 Å². The Kier molecular flexibility index (Phi) is 2.65. The first-order valence-corrected chi connectivity index (χ1v) is 3.45. The maximum absolute atomic E-state index is 12.9. The monoisotopic (exact) mass is 221 g/mol. The van der Waals surface area contributed by atoms with E-state index >= 15 is 0 Å². The van der Waals surface area contributed by atoms with Gasteiger partial charge < -0.3 is 10.5 Å². The number of ether oxygens (including phenoxy) is 1. The van der Waals surface area contributed by atoms with Crippen LogP contribution in [0.5, 0.6) is 5.88 Å². The molecule has 4 nitrogen and oxygen atoms in total. The average Bonchev–Trinajstić information content (AvgIpc) is 1.99. The van der Waals surface area contributed by atoms with Crippen LogP contribution in [0.3, 0.4) is 0 Å². The van der Waals surface area contributed by atoms with Gasteiger partial charge in [0.25, 0.3) is 0 Å². The van der Waals surface area contributed by atoms with Crippen LogP contribution < -0.4 is 10.5 Å². The van der Waals surface area contributed by atoms with Crippen LogP contribution in [-0.4, -0.2) is 11.3 Å². The molecule has 80 valence electrons. The minimum Gasteiger partial charge on any atom is -0.386 e. The van der Waals surface area contributed by atoms with E-state index in [-0.39, 0.29) is 0 Å². The van der Waals surface area contributed by atoms with Gasteiger partial charge in [0.1, 0.15) is 17.7 Å². The van der Waals surface area contributed by atoms with Crippen LogP contribution in [0.1, 0.15) is 5.56 Å². The van der Waals surface area contributed by atoms with Gasteiger partial charge in [0.15, 0.2) is 5.56 Å². The number of nitrogens with two attached hydrogens (primary N) is 1. The second-order valence-corrected chi connectivity index (χ2v) is 2.37. The predicted octanol–water partition coefficient (Wildman–Crippen LogP) is 1.57. The Hall–Kier alpha value is -2.04. The molecule has 2 N–H and O–H groups in total. The van der Waals surface area contributed by atoms with Gasteiger partial charge in [-0.25, -0.2) is 4.39 Å². The largest absolute Gasteiger partial charge is 0.574 e. The molecule has 0 atom stereocenters. The highest BCUT2D eigenvalue weighted by Gasteiger charge is 2.33. The van der Waals surface area contributed by atoms with Crippen molar-refractivity contribution < 1.29 is 22.3 Å². The summed E-state index contributed by atoms with van der Waals surface area (Å²) in [7, 11) is 0. The maximum Gasteiger partial charge on any atom is 0.574 e. The zero-order valence-electron chi connectivity index (χ0n) is 6.97. The molecule has 0 saturated carbocycles. The molecule has 0 unspecified atom stereocenters. The number of nitrogens with zero attached hydrogens (tertiary/aromatic N) is 2. The zero-order valence-corrected chi connectivity index (χ0v) is 6.97. The third-order valence-corrected chi connectivity index (χ3v) is 1.28. The summed E-state index contributed by atoms with van der Waals surface area (Å²) >= 11 is 0. The molecule has 1 heterocycles. The van der Waals surface area contributed by atoms with Crippen LogP contribution >= 0.6 is 0 Å². The van der Waals surface area contributed by atoms with Crippen LogP contribution in [0, 0.1) is 17.1 Å². The van der Waals surface area contributed by atoms with E-state index < -0.39 is 29.4 Å². The second kappa shape index (κ2) is 3.61. The molecular weight excluding hydrogens is 218 g/mol. The van der Waals surface area contributed by atoms with Crippen molar-refractivity contribution in [2.45, 2.75) is 6.36 Å². The number of anilines is 1. The molecule has 8 heteroatoms. The lowest BCUT2D eigenvalue weighted by molar-refractivity contribution is -0.276. The van der Waals surface area contributed by atoms with E-state index in [9.17, 15) is 17.6 Å². The summed E-state index contributed by atoms with van der Waals surface area (Å²) in [4.78, 5) is 3.06. The fourth-order valence-electron chi connectivity index (χ4n) is 0.794. The standard InChI is InChI=1S/C7H3F4N3O/c8-4-1-5(13)14-6(3(4)2-12)15-7(9,10)11/h1H,(H2,13,14). The minimum absolute atomic E-state index is 0.509. The Labute approximate surface area is 80.9 Å². The van der Waals surface area contributed by atoms with E-state index in [0.717, 1.165) is 0 Å². The fraction of sp³-hybridized carbons (Fsp3) is 0.143. The Morgan fingerprint density at radius 1 is 1.47 bits per heavy atom. The van der Waals surface area contributed by atoms with Gasteiger partial charge in [0, 0.05) is 6.07 Å². The highest BCUT2D eigenvalue weighted by Crippen LogP contribution is 2.26. The number of nitriles is 1. The van der Waals surface area contributed by atoms with Gasteiger partial charge in [-0.3, -0.25) is 0 Å². The molecule has 0 fully saturated rings. The fourth-order valence-corrected chi connectivity index (χ4v) is 0.794. The lowest BCUT2D eigenvalue weighted by atomic mass is 10.3. The molecule has 0 aromatic carbocycles. The van der Waals surface area contributed by atoms with Crippen molar-refractivity contribution in [3.8, 4) is 11.9 Å². The van der Waals surface area contributed by atoms with E-state index in [0.29, 0.717) is 6.07 Å². The lowest BCUT2D eigenvalue weighted by Crippen LogP contribution is -2.19. The molecule has 0 bridgehead atoms. The van der Waals surface area contributed by atoms with Crippen LogP contribution in [0.15, 0.2) is 6.07 Å². The highest BCUT2D eigenvalue weighted by atomic mass is 19.4. The summed E-state index contributed by atoms with van der Waals surface area (Å²) in [6.45, 7) is 0. The van der Waals surface area contributed by atoms with E-state index in [1.807, 2.05) is 0 Å². The molecule has 0 amide bonds. The van der Waals surface area contributed by atoms with Gasteiger partial charge in [-0.15, -0.1) is 13.2 Å². The number of aromatic nitrogens is 1. The Bertz CT molecular complexity index is 423. The van der Waals surface area contributed by atoms with E-state index in [1.54, 1.807) is 0 Å².